The van der Waals surface area contributed by atoms with Gasteiger partial charge in [0.1, 0.15) is 11.6 Å². The van der Waals surface area contributed by atoms with E-state index >= 15 is 0 Å². The molecule has 5 aromatic carbocycles. The minimum absolute atomic E-state index is 0.106. The molecule has 8 rings (SSSR count). The van der Waals surface area contributed by atoms with E-state index in [1.54, 1.807) is 0 Å². The minimum Gasteiger partial charge on any atom is -0.506 e. The van der Waals surface area contributed by atoms with Crippen LogP contribution in [0.3, 0.4) is 0 Å². The predicted molar refractivity (Wildman–Crippen MR) is 200 cm³/mol. The number of pyridine rings is 2. The van der Waals surface area contributed by atoms with Crippen molar-refractivity contribution < 1.29 is 5.11 Å². The SMILES string of the molecule is Cc1cc(-c2nc3c(-c4cc(-c5ccccc5)cc(-c5cc(-c6ccc(-c7ccccc7)cc6)c(C)cn5)c4)cccc3n2C)c(O)cn1. The second kappa shape index (κ2) is 12.4. The van der Waals surface area contributed by atoms with Gasteiger partial charge in [-0.2, -0.15) is 0 Å². The van der Waals surface area contributed by atoms with Gasteiger partial charge in [0, 0.05) is 30.1 Å². The summed E-state index contributed by atoms with van der Waals surface area (Å²) >= 11 is 0. The van der Waals surface area contributed by atoms with Crippen molar-refractivity contribution in [3.05, 3.63) is 157 Å². The van der Waals surface area contributed by atoms with Crippen LogP contribution in [0.4, 0.5) is 0 Å². The first-order chi connectivity index (χ1) is 23.9. The molecule has 1 N–H and O–H groups in total. The van der Waals surface area contributed by atoms with Crippen LogP contribution in [-0.2, 0) is 7.05 Å². The lowest BCUT2D eigenvalue weighted by atomic mass is 9.93. The van der Waals surface area contributed by atoms with E-state index in [2.05, 4.69) is 127 Å². The average Bonchev–Trinajstić information content (AvgIpc) is 3.49. The maximum absolute atomic E-state index is 10.7. The number of aryl methyl sites for hydroxylation is 3. The number of rotatable bonds is 6. The number of hydrogen-bond acceptors (Lipinski definition) is 4. The number of hydrogen-bond donors (Lipinski definition) is 1. The molecule has 3 heterocycles. The molecule has 0 amide bonds. The minimum atomic E-state index is 0.106. The molecular formula is C44H34N4O. The van der Waals surface area contributed by atoms with E-state index in [1.165, 1.54) is 17.3 Å². The summed E-state index contributed by atoms with van der Waals surface area (Å²) in [7, 11) is 1.99. The van der Waals surface area contributed by atoms with Crippen LogP contribution in [0.25, 0.3) is 78.2 Å². The highest BCUT2D eigenvalue weighted by atomic mass is 16.3. The Labute approximate surface area is 285 Å². The number of benzene rings is 5. The standard InChI is InChI=1S/C44H34N4O/c1-28-26-46-40(25-38(28)33-19-17-32(18-20-33)30-11-6-4-7-12-30)36-23-34(31-13-8-5-9-14-31)22-35(24-36)37-15-10-16-41-43(37)47-44(48(41)3)39-21-29(2)45-27-42(39)49/h4-27,49H,1-3H3. The van der Waals surface area contributed by atoms with Gasteiger partial charge in [0.15, 0.2) is 0 Å². The smallest absolute Gasteiger partial charge is 0.144 e. The summed E-state index contributed by atoms with van der Waals surface area (Å²) in [5.41, 5.74) is 15.3. The van der Waals surface area contributed by atoms with E-state index < -0.39 is 0 Å². The fourth-order valence-electron chi connectivity index (χ4n) is 6.61. The second-order valence-corrected chi connectivity index (χ2v) is 12.5. The average molecular weight is 635 g/mol. The van der Waals surface area contributed by atoms with E-state index in [-0.39, 0.29) is 5.75 Å². The van der Waals surface area contributed by atoms with Gasteiger partial charge in [0.25, 0.3) is 0 Å². The molecule has 0 aliphatic rings. The van der Waals surface area contributed by atoms with Gasteiger partial charge >= 0.3 is 0 Å². The number of para-hydroxylation sites is 1. The Balaban J connectivity index is 1.27. The summed E-state index contributed by atoms with van der Waals surface area (Å²) < 4.78 is 2.03. The summed E-state index contributed by atoms with van der Waals surface area (Å²) in [6, 6.07) is 46.7. The molecule has 0 bridgehead atoms. The molecule has 0 spiro atoms. The van der Waals surface area contributed by atoms with E-state index in [9.17, 15) is 5.11 Å². The molecule has 8 aromatic rings. The lowest BCUT2D eigenvalue weighted by molar-refractivity contribution is 0.473. The van der Waals surface area contributed by atoms with Crippen molar-refractivity contribution in [2.45, 2.75) is 13.8 Å². The van der Waals surface area contributed by atoms with Crippen molar-refractivity contribution in [1.82, 2.24) is 19.5 Å². The molecule has 49 heavy (non-hydrogen) atoms. The van der Waals surface area contributed by atoms with Crippen LogP contribution in [0.15, 0.2) is 146 Å². The Morgan fingerprint density at radius 1 is 0.510 bits per heavy atom. The Bertz CT molecular complexity index is 2470. The fraction of sp³-hybridized carbons (Fsp3) is 0.0682. The zero-order chi connectivity index (χ0) is 33.5. The first kappa shape index (κ1) is 30.0. The lowest BCUT2D eigenvalue weighted by Crippen LogP contribution is -1.94. The molecular weight excluding hydrogens is 601 g/mol. The Morgan fingerprint density at radius 3 is 1.88 bits per heavy atom. The maximum Gasteiger partial charge on any atom is 0.144 e. The van der Waals surface area contributed by atoms with E-state index in [0.29, 0.717) is 11.4 Å². The molecule has 5 heteroatoms. The van der Waals surface area contributed by atoms with Gasteiger partial charge < -0.3 is 9.67 Å². The lowest BCUT2D eigenvalue weighted by Gasteiger charge is -2.13. The van der Waals surface area contributed by atoms with Gasteiger partial charge in [-0.05, 0) is 94.8 Å². The van der Waals surface area contributed by atoms with Crippen molar-refractivity contribution >= 4 is 11.0 Å². The number of aromatic hydroxyl groups is 1. The zero-order valence-corrected chi connectivity index (χ0v) is 27.6. The van der Waals surface area contributed by atoms with Crippen molar-refractivity contribution in [1.29, 1.82) is 0 Å². The Hall–Kier alpha value is -6.33. The normalized spacial score (nSPS) is 11.2. The van der Waals surface area contributed by atoms with E-state index in [4.69, 9.17) is 9.97 Å². The summed E-state index contributed by atoms with van der Waals surface area (Å²) in [4.78, 5) is 14.3. The predicted octanol–water partition coefficient (Wildman–Crippen LogP) is 10.7. The van der Waals surface area contributed by atoms with Gasteiger partial charge in [-0.3, -0.25) is 9.97 Å². The molecule has 3 aromatic heterocycles. The van der Waals surface area contributed by atoms with Gasteiger partial charge in [-0.15, -0.1) is 0 Å². The highest BCUT2D eigenvalue weighted by Gasteiger charge is 2.18. The van der Waals surface area contributed by atoms with Crippen molar-refractivity contribution in [2.75, 3.05) is 0 Å². The van der Waals surface area contributed by atoms with Crippen LogP contribution in [0, 0.1) is 13.8 Å². The van der Waals surface area contributed by atoms with Crippen molar-refractivity contribution in [3.63, 3.8) is 0 Å². The molecule has 0 aliphatic carbocycles. The van der Waals surface area contributed by atoms with Crippen LogP contribution in [-0.4, -0.2) is 24.6 Å². The quantitative estimate of drug-likeness (QED) is 0.198. The first-order valence-corrected chi connectivity index (χ1v) is 16.4. The molecule has 0 radical (unpaired) electrons. The van der Waals surface area contributed by atoms with Gasteiger partial charge in [0.2, 0.25) is 0 Å². The third-order valence-corrected chi connectivity index (χ3v) is 9.23. The summed E-state index contributed by atoms with van der Waals surface area (Å²) in [5, 5.41) is 10.7. The number of aromatic nitrogens is 4. The molecule has 0 unspecified atom stereocenters. The Kier molecular flexibility index (Phi) is 7.58. The molecule has 0 fully saturated rings. The fourth-order valence-corrected chi connectivity index (χ4v) is 6.61. The molecule has 0 atom stereocenters. The Morgan fingerprint density at radius 2 is 1.14 bits per heavy atom. The molecule has 0 saturated carbocycles. The van der Waals surface area contributed by atoms with Crippen molar-refractivity contribution in [3.8, 4) is 72.9 Å². The number of imidazole rings is 1. The number of fused-ring (bicyclic) bond motifs is 1. The molecule has 0 aliphatic heterocycles. The highest BCUT2D eigenvalue weighted by molar-refractivity contribution is 5.96. The topological polar surface area (TPSA) is 63.8 Å². The maximum atomic E-state index is 10.7. The molecule has 236 valence electrons. The molecule has 0 saturated heterocycles. The monoisotopic (exact) mass is 634 g/mol. The van der Waals surface area contributed by atoms with Crippen LogP contribution < -0.4 is 0 Å². The van der Waals surface area contributed by atoms with Gasteiger partial charge in [-0.1, -0.05) is 97.1 Å². The number of nitrogens with zero attached hydrogens (tertiary/aromatic N) is 4. The largest absolute Gasteiger partial charge is 0.506 e. The van der Waals surface area contributed by atoms with E-state index in [1.807, 2.05) is 42.9 Å². The van der Waals surface area contributed by atoms with Crippen LogP contribution in [0.1, 0.15) is 11.3 Å². The highest BCUT2D eigenvalue weighted by Crippen LogP contribution is 2.39. The van der Waals surface area contributed by atoms with Crippen LogP contribution in [0.5, 0.6) is 5.75 Å². The van der Waals surface area contributed by atoms with Crippen molar-refractivity contribution in [2.24, 2.45) is 7.05 Å². The summed E-state index contributed by atoms with van der Waals surface area (Å²) in [6.45, 7) is 4.03. The first-order valence-electron chi connectivity index (χ1n) is 16.4. The summed E-state index contributed by atoms with van der Waals surface area (Å²) in [6.07, 6.45) is 3.46. The van der Waals surface area contributed by atoms with Gasteiger partial charge in [-0.25, -0.2) is 4.98 Å². The van der Waals surface area contributed by atoms with Crippen LogP contribution in [0.2, 0.25) is 0 Å². The van der Waals surface area contributed by atoms with Crippen LogP contribution >= 0.6 is 0 Å². The zero-order valence-electron chi connectivity index (χ0n) is 27.6. The third-order valence-electron chi connectivity index (χ3n) is 9.23. The van der Waals surface area contributed by atoms with Gasteiger partial charge in [0.05, 0.1) is 28.5 Å². The van der Waals surface area contributed by atoms with E-state index in [0.717, 1.165) is 66.9 Å². The third kappa shape index (κ3) is 5.66. The summed E-state index contributed by atoms with van der Waals surface area (Å²) in [5.74, 6) is 0.794. The molecule has 5 nitrogen and oxygen atoms in total. The second-order valence-electron chi connectivity index (χ2n) is 12.5.